The largest absolute Gasteiger partial charge is 0.507 e. The van der Waals surface area contributed by atoms with E-state index in [9.17, 15) is 34.8 Å². The summed E-state index contributed by atoms with van der Waals surface area (Å²) < 4.78 is 0. The molecule has 6 N–H and O–H groups in total. The minimum absolute atomic E-state index is 0.118. The molecule has 2 fully saturated rings. The highest BCUT2D eigenvalue weighted by Crippen LogP contribution is 2.65. The molecule has 8 atom stereocenters. The molecular weight excluding hydrogens is 486 g/mol. The molecule has 1 aromatic carbocycles. The molecule has 208 valence electrons. The Morgan fingerprint density at radius 1 is 1.24 bits per heavy atom. The number of fused-ring (bicyclic) bond motifs is 3. The predicted octanol–water partition coefficient (Wildman–Crippen LogP) is 2.56. The summed E-state index contributed by atoms with van der Waals surface area (Å²) in [6.45, 7) is 11.0. The van der Waals surface area contributed by atoms with Crippen molar-refractivity contribution >= 4 is 23.5 Å². The van der Waals surface area contributed by atoms with Gasteiger partial charge in [-0.3, -0.25) is 14.4 Å². The van der Waals surface area contributed by atoms with Gasteiger partial charge in [-0.25, -0.2) is 0 Å². The molecule has 0 aliphatic heterocycles. The fourth-order valence-corrected chi connectivity index (χ4v) is 8.50. The van der Waals surface area contributed by atoms with E-state index in [1.165, 1.54) is 0 Å². The van der Waals surface area contributed by atoms with Crippen molar-refractivity contribution in [3.8, 4) is 5.75 Å². The maximum absolute atomic E-state index is 14.2. The van der Waals surface area contributed by atoms with Crippen LogP contribution in [0.25, 0.3) is 6.08 Å². The molecule has 3 aliphatic carbocycles. The number of aryl methyl sites for hydroxylation is 1. The van der Waals surface area contributed by atoms with Crippen molar-refractivity contribution in [2.45, 2.75) is 85.0 Å². The van der Waals surface area contributed by atoms with Gasteiger partial charge < -0.3 is 26.2 Å². The normalized spacial score (nSPS) is 38.7. The summed E-state index contributed by atoms with van der Waals surface area (Å²) in [6, 6.07) is 1.90. The Hall–Kier alpha value is -2.55. The number of aromatic hydroxyl groups is 1. The Morgan fingerprint density at radius 3 is 2.39 bits per heavy atom. The van der Waals surface area contributed by atoms with Crippen LogP contribution in [0.4, 0.5) is 0 Å². The zero-order valence-corrected chi connectivity index (χ0v) is 23.1. The lowest BCUT2D eigenvalue weighted by atomic mass is 9.39. The van der Waals surface area contributed by atoms with Crippen molar-refractivity contribution < 1.29 is 34.8 Å². The van der Waals surface area contributed by atoms with Crippen LogP contribution < -0.4 is 5.73 Å². The number of allylic oxidation sites excluding steroid dienone is 1. The molecular formula is C30H41NO7. The van der Waals surface area contributed by atoms with Crippen molar-refractivity contribution in [2.24, 2.45) is 40.2 Å². The molecule has 1 aromatic rings. The lowest BCUT2D eigenvalue weighted by Crippen LogP contribution is -2.79. The molecule has 8 nitrogen and oxygen atoms in total. The van der Waals surface area contributed by atoms with Gasteiger partial charge >= 0.3 is 0 Å². The molecule has 0 aromatic heterocycles. The Bertz CT molecular complexity index is 1220. The Labute approximate surface area is 223 Å². The lowest BCUT2D eigenvalue weighted by Gasteiger charge is -2.66. The van der Waals surface area contributed by atoms with Crippen molar-refractivity contribution in [1.29, 1.82) is 0 Å². The molecule has 0 heterocycles. The van der Waals surface area contributed by atoms with Crippen LogP contribution in [0.1, 0.15) is 81.4 Å². The second kappa shape index (κ2) is 9.28. The van der Waals surface area contributed by atoms with Crippen LogP contribution in [-0.2, 0) is 22.4 Å². The van der Waals surface area contributed by atoms with Crippen LogP contribution in [0.5, 0.6) is 5.75 Å². The molecule has 8 heteroatoms. The number of Topliss-reactive ketones (excluding diaryl/α,β-unsaturated/α-hetero) is 2. The third kappa shape index (κ3) is 3.56. The minimum Gasteiger partial charge on any atom is -0.507 e. The standard InChI is InChI=1S/C30H41NO7/c1-7-9-15-11-16(10-8-2)22(32)18-17(15)12-28(5)13-29(6)20(14(3)4)24(34)19(27(31)37)25(35)30(29,38)26(36)21(28)23(18)33/h8,10-11,14,19-21,24,26,32,34,36,38H,7,9,12-13H2,1-6H3,(H2,31,37)/b10-8+/t19-,20+,21-,24?,26?,28-,29-,30+/m1/s1. The second-order valence-corrected chi connectivity index (χ2v) is 12.6. The number of ketones is 2. The van der Waals surface area contributed by atoms with Crippen LogP contribution in [0.15, 0.2) is 12.1 Å². The number of carbonyl (C=O) groups is 3. The monoisotopic (exact) mass is 527 g/mol. The van der Waals surface area contributed by atoms with Gasteiger partial charge in [0.25, 0.3) is 0 Å². The van der Waals surface area contributed by atoms with Gasteiger partial charge in [0, 0.05) is 11.0 Å². The minimum atomic E-state index is -2.50. The van der Waals surface area contributed by atoms with E-state index in [-0.39, 0.29) is 23.7 Å². The zero-order chi connectivity index (χ0) is 28.5. The highest BCUT2D eigenvalue weighted by molar-refractivity contribution is 6.09. The molecule has 0 spiro atoms. The molecule has 1 amide bonds. The first-order chi connectivity index (χ1) is 17.6. The van der Waals surface area contributed by atoms with Gasteiger partial charge in [-0.2, -0.15) is 0 Å². The van der Waals surface area contributed by atoms with Crippen molar-refractivity contribution in [3.05, 3.63) is 34.4 Å². The fraction of sp³-hybridized carbons (Fsp3) is 0.633. The number of phenolic OH excluding ortho intramolecular Hbond substituents is 1. The van der Waals surface area contributed by atoms with E-state index in [0.717, 1.165) is 17.5 Å². The topological polar surface area (TPSA) is 158 Å². The number of benzene rings is 1. The van der Waals surface area contributed by atoms with Crippen LogP contribution in [0.3, 0.4) is 0 Å². The van der Waals surface area contributed by atoms with E-state index in [1.54, 1.807) is 19.1 Å². The number of hydrogen-bond acceptors (Lipinski definition) is 7. The third-order valence-corrected chi connectivity index (χ3v) is 9.77. The molecule has 0 radical (unpaired) electrons. The Balaban J connectivity index is 1.99. The molecule has 3 aliphatic rings. The average molecular weight is 528 g/mol. The number of aliphatic hydroxyl groups excluding tert-OH is 2. The number of rotatable bonds is 5. The van der Waals surface area contributed by atoms with E-state index in [4.69, 9.17) is 5.73 Å². The summed E-state index contributed by atoms with van der Waals surface area (Å²) in [5.74, 6) is -6.81. The van der Waals surface area contributed by atoms with Crippen LogP contribution >= 0.6 is 0 Å². The first-order valence-electron chi connectivity index (χ1n) is 13.6. The summed E-state index contributed by atoms with van der Waals surface area (Å²) in [4.78, 5) is 40.3. The molecule has 2 saturated carbocycles. The Morgan fingerprint density at radius 2 is 1.87 bits per heavy atom. The van der Waals surface area contributed by atoms with E-state index in [1.807, 2.05) is 40.7 Å². The lowest BCUT2D eigenvalue weighted by molar-refractivity contribution is -0.265. The SMILES string of the molecule is C/C=C/c1cc(CCC)c2c(c1O)C(=O)[C@@H]1C(O)[C@@]3(O)C(=O)[C@H](C(N)=O)C(O)[C@H](C(C)C)[C@@]3(C)C[C@@]1(C)C2. The summed E-state index contributed by atoms with van der Waals surface area (Å²) in [5.41, 5.74) is 3.04. The summed E-state index contributed by atoms with van der Waals surface area (Å²) >= 11 is 0. The number of carbonyl (C=O) groups excluding carboxylic acids is 3. The maximum atomic E-state index is 14.2. The first kappa shape index (κ1) is 28.5. The fourth-order valence-electron chi connectivity index (χ4n) is 8.50. The van der Waals surface area contributed by atoms with E-state index >= 15 is 0 Å². The number of amides is 1. The maximum Gasteiger partial charge on any atom is 0.230 e. The van der Waals surface area contributed by atoms with Gasteiger partial charge in [0.15, 0.2) is 17.2 Å². The summed E-state index contributed by atoms with van der Waals surface area (Å²) in [6.07, 6.45) is 2.18. The molecule has 38 heavy (non-hydrogen) atoms. The van der Waals surface area contributed by atoms with Gasteiger partial charge in [0.05, 0.1) is 17.6 Å². The second-order valence-electron chi connectivity index (χ2n) is 12.6. The average Bonchev–Trinajstić information content (AvgIpc) is 2.79. The number of primary amides is 1. The van der Waals surface area contributed by atoms with Crippen molar-refractivity contribution in [3.63, 3.8) is 0 Å². The highest BCUT2D eigenvalue weighted by Gasteiger charge is 2.75. The summed E-state index contributed by atoms with van der Waals surface area (Å²) in [5, 5.41) is 46.4. The van der Waals surface area contributed by atoms with E-state index < -0.39 is 63.9 Å². The molecule has 2 unspecified atom stereocenters. The van der Waals surface area contributed by atoms with E-state index in [0.29, 0.717) is 18.4 Å². The van der Waals surface area contributed by atoms with Gasteiger partial charge in [0.1, 0.15) is 17.8 Å². The molecule has 4 rings (SSSR count). The predicted molar refractivity (Wildman–Crippen MR) is 142 cm³/mol. The molecule has 0 saturated heterocycles. The zero-order valence-electron chi connectivity index (χ0n) is 23.1. The number of phenols is 1. The van der Waals surface area contributed by atoms with Crippen molar-refractivity contribution in [2.75, 3.05) is 0 Å². The number of nitrogens with two attached hydrogens (primary N) is 1. The van der Waals surface area contributed by atoms with Crippen molar-refractivity contribution in [1.82, 2.24) is 0 Å². The van der Waals surface area contributed by atoms with Crippen LogP contribution in [0.2, 0.25) is 0 Å². The summed E-state index contributed by atoms with van der Waals surface area (Å²) in [7, 11) is 0. The van der Waals surface area contributed by atoms with Gasteiger partial charge in [-0.1, -0.05) is 53.2 Å². The molecule has 0 bridgehead atoms. The highest BCUT2D eigenvalue weighted by atomic mass is 16.4. The third-order valence-electron chi connectivity index (χ3n) is 9.77. The van der Waals surface area contributed by atoms with Crippen LogP contribution in [-0.4, -0.2) is 55.7 Å². The first-order valence-corrected chi connectivity index (χ1v) is 13.6. The van der Waals surface area contributed by atoms with E-state index in [2.05, 4.69) is 0 Å². The van der Waals surface area contributed by atoms with Gasteiger partial charge in [-0.05, 0) is 60.6 Å². The number of hydrogen-bond donors (Lipinski definition) is 5. The quantitative estimate of drug-likeness (QED) is 0.368. The smallest absolute Gasteiger partial charge is 0.230 e. The van der Waals surface area contributed by atoms with Gasteiger partial charge in [0.2, 0.25) is 5.91 Å². The number of aliphatic hydroxyl groups is 3. The Kier molecular flexibility index (Phi) is 6.95. The van der Waals surface area contributed by atoms with Crippen LogP contribution in [0, 0.1) is 34.5 Å². The van der Waals surface area contributed by atoms with Gasteiger partial charge in [-0.15, -0.1) is 0 Å².